The molecule has 1 aliphatic heterocycles. The second-order valence-corrected chi connectivity index (χ2v) is 9.10. The number of thiazole rings is 1. The Kier molecular flexibility index (Phi) is 6.41. The molecule has 1 saturated heterocycles. The molecule has 2 fully saturated rings. The van der Waals surface area contributed by atoms with E-state index >= 15 is 0 Å². The molecule has 1 aliphatic carbocycles. The number of benzene rings is 1. The van der Waals surface area contributed by atoms with Gasteiger partial charge < -0.3 is 19.3 Å². The summed E-state index contributed by atoms with van der Waals surface area (Å²) in [6, 6.07) is 6.31. The topological polar surface area (TPSA) is 77.9 Å². The van der Waals surface area contributed by atoms with Gasteiger partial charge in [0, 0.05) is 24.8 Å². The maximum Gasteiger partial charge on any atom is 0.355 e. The summed E-state index contributed by atoms with van der Waals surface area (Å²) in [7, 11) is 1.76. The van der Waals surface area contributed by atoms with Crippen molar-refractivity contribution >= 4 is 17.3 Å². The highest BCUT2D eigenvalue weighted by Crippen LogP contribution is 2.47. The SMILES string of the molecule is CCc1ccc(OC[C@@H]2[C@H]3CC[C@H](c4nc(C(=O)O)cs4)O[C@H]3C[C@@H]2OC)cc1C. The van der Waals surface area contributed by atoms with E-state index < -0.39 is 5.97 Å². The maximum atomic E-state index is 11.1. The Bertz CT molecular complexity index is 897. The van der Waals surface area contributed by atoms with Crippen molar-refractivity contribution in [2.75, 3.05) is 13.7 Å². The van der Waals surface area contributed by atoms with Crippen LogP contribution in [-0.4, -0.2) is 42.0 Å². The van der Waals surface area contributed by atoms with Crippen LogP contribution in [0.5, 0.6) is 5.75 Å². The smallest absolute Gasteiger partial charge is 0.355 e. The number of hydrogen-bond donors (Lipinski definition) is 1. The van der Waals surface area contributed by atoms with Crippen LogP contribution in [0, 0.1) is 18.8 Å². The summed E-state index contributed by atoms with van der Waals surface area (Å²) in [5, 5.41) is 11.5. The number of carboxylic acids is 1. The number of aromatic carboxylic acids is 1. The van der Waals surface area contributed by atoms with Crippen molar-refractivity contribution < 1.29 is 24.1 Å². The molecule has 0 unspecified atom stereocenters. The predicted molar refractivity (Wildman–Crippen MR) is 114 cm³/mol. The van der Waals surface area contributed by atoms with Crippen LogP contribution in [-0.2, 0) is 15.9 Å². The highest BCUT2D eigenvalue weighted by atomic mass is 32.1. The number of rotatable bonds is 7. The zero-order chi connectivity index (χ0) is 21.3. The van der Waals surface area contributed by atoms with E-state index in [4.69, 9.17) is 19.3 Å². The summed E-state index contributed by atoms with van der Waals surface area (Å²) in [6.07, 6.45) is 3.74. The fraction of sp³-hybridized carbons (Fsp3) is 0.565. The van der Waals surface area contributed by atoms with E-state index in [9.17, 15) is 4.79 Å². The molecule has 1 aromatic carbocycles. The third-order valence-electron chi connectivity index (χ3n) is 6.53. The van der Waals surface area contributed by atoms with Crippen molar-refractivity contribution in [1.82, 2.24) is 4.98 Å². The van der Waals surface area contributed by atoms with Crippen molar-refractivity contribution in [2.45, 2.75) is 57.8 Å². The molecule has 162 valence electrons. The van der Waals surface area contributed by atoms with E-state index in [1.165, 1.54) is 22.5 Å². The molecule has 0 bridgehead atoms. The van der Waals surface area contributed by atoms with Gasteiger partial charge in [-0.3, -0.25) is 0 Å². The summed E-state index contributed by atoms with van der Waals surface area (Å²) >= 11 is 1.36. The van der Waals surface area contributed by atoms with E-state index in [-0.39, 0.29) is 29.9 Å². The van der Waals surface area contributed by atoms with E-state index in [0.29, 0.717) is 12.5 Å². The number of nitrogens with zero attached hydrogens (tertiary/aromatic N) is 1. The molecule has 2 aliphatic rings. The molecule has 0 radical (unpaired) electrons. The van der Waals surface area contributed by atoms with Gasteiger partial charge in [0.15, 0.2) is 5.69 Å². The fourth-order valence-electron chi connectivity index (χ4n) is 4.87. The van der Waals surface area contributed by atoms with Gasteiger partial charge in [-0.1, -0.05) is 13.0 Å². The van der Waals surface area contributed by atoms with Gasteiger partial charge >= 0.3 is 5.97 Å². The average Bonchev–Trinajstić information content (AvgIpc) is 3.37. The molecule has 1 saturated carbocycles. The first-order valence-electron chi connectivity index (χ1n) is 10.6. The van der Waals surface area contributed by atoms with Crippen LogP contribution in [0.25, 0.3) is 0 Å². The molecule has 0 amide bonds. The second-order valence-electron chi connectivity index (χ2n) is 8.21. The largest absolute Gasteiger partial charge is 0.493 e. The van der Waals surface area contributed by atoms with Crippen molar-refractivity contribution in [1.29, 1.82) is 0 Å². The zero-order valence-corrected chi connectivity index (χ0v) is 18.5. The van der Waals surface area contributed by atoms with Gasteiger partial charge in [0.1, 0.15) is 16.9 Å². The Balaban J connectivity index is 1.41. The molecule has 4 rings (SSSR count). The molecule has 1 aromatic heterocycles. The lowest BCUT2D eigenvalue weighted by Crippen LogP contribution is -2.33. The van der Waals surface area contributed by atoms with Crippen LogP contribution in [0.1, 0.15) is 58.9 Å². The molecule has 1 N–H and O–H groups in total. The van der Waals surface area contributed by atoms with Crippen molar-refractivity contribution in [3.8, 4) is 5.75 Å². The number of aryl methyl sites for hydroxylation is 2. The van der Waals surface area contributed by atoms with Crippen LogP contribution in [0.3, 0.4) is 0 Å². The molecule has 2 aromatic rings. The van der Waals surface area contributed by atoms with Crippen LogP contribution in [0.2, 0.25) is 0 Å². The van der Waals surface area contributed by atoms with Crippen LogP contribution < -0.4 is 4.74 Å². The van der Waals surface area contributed by atoms with Gasteiger partial charge in [-0.2, -0.15) is 0 Å². The molecule has 5 atom stereocenters. The zero-order valence-electron chi connectivity index (χ0n) is 17.7. The van der Waals surface area contributed by atoms with Crippen LogP contribution in [0.15, 0.2) is 23.6 Å². The molecule has 6 nitrogen and oxygen atoms in total. The van der Waals surface area contributed by atoms with Crippen molar-refractivity contribution in [3.05, 3.63) is 45.4 Å². The van der Waals surface area contributed by atoms with Gasteiger partial charge in [0.05, 0.1) is 18.8 Å². The molecule has 30 heavy (non-hydrogen) atoms. The summed E-state index contributed by atoms with van der Waals surface area (Å²) in [5.41, 5.74) is 2.70. The summed E-state index contributed by atoms with van der Waals surface area (Å²) in [6.45, 7) is 4.90. The number of carbonyl (C=O) groups is 1. The summed E-state index contributed by atoms with van der Waals surface area (Å²) in [4.78, 5) is 15.4. The highest BCUT2D eigenvalue weighted by Gasteiger charge is 2.48. The van der Waals surface area contributed by atoms with E-state index in [2.05, 4.69) is 37.0 Å². The van der Waals surface area contributed by atoms with Gasteiger partial charge in [0.2, 0.25) is 0 Å². The third-order valence-corrected chi connectivity index (χ3v) is 7.46. The lowest BCUT2D eigenvalue weighted by molar-refractivity contribution is -0.0811. The molecule has 7 heteroatoms. The minimum Gasteiger partial charge on any atom is -0.493 e. The van der Waals surface area contributed by atoms with E-state index in [1.807, 2.05) is 0 Å². The van der Waals surface area contributed by atoms with E-state index in [0.717, 1.165) is 36.4 Å². The number of hydrogen-bond acceptors (Lipinski definition) is 6. The number of fused-ring (bicyclic) bond motifs is 1. The quantitative estimate of drug-likeness (QED) is 0.687. The van der Waals surface area contributed by atoms with Crippen LogP contribution in [0.4, 0.5) is 0 Å². The van der Waals surface area contributed by atoms with Gasteiger partial charge in [-0.15, -0.1) is 11.3 Å². The van der Waals surface area contributed by atoms with Crippen molar-refractivity contribution in [3.63, 3.8) is 0 Å². The van der Waals surface area contributed by atoms with Gasteiger partial charge in [-0.05, 0) is 55.4 Å². The number of aromatic nitrogens is 1. The third kappa shape index (κ3) is 4.24. The summed E-state index contributed by atoms with van der Waals surface area (Å²) in [5.74, 6) is 0.562. The number of methoxy groups -OCH3 is 1. The minimum atomic E-state index is -0.995. The Morgan fingerprint density at radius 2 is 2.20 bits per heavy atom. The van der Waals surface area contributed by atoms with Crippen molar-refractivity contribution in [2.24, 2.45) is 11.8 Å². The first-order valence-corrected chi connectivity index (χ1v) is 11.5. The first kappa shape index (κ1) is 21.3. The lowest BCUT2D eigenvalue weighted by Gasteiger charge is -2.34. The molecule has 2 heterocycles. The Hall–Kier alpha value is -1.96. The molecular weight excluding hydrogens is 402 g/mol. The Labute approximate surface area is 181 Å². The lowest BCUT2D eigenvalue weighted by atomic mass is 9.87. The number of carboxylic acid groups (broad SMARTS) is 1. The van der Waals surface area contributed by atoms with Gasteiger partial charge in [0.25, 0.3) is 0 Å². The predicted octanol–water partition coefficient (Wildman–Crippen LogP) is 4.66. The maximum absolute atomic E-state index is 11.1. The summed E-state index contributed by atoms with van der Waals surface area (Å²) < 4.78 is 18.3. The monoisotopic (exact) mass is 431 g/mol. The number of ether oxygens (including phenoxy) is 3. The second kappa shape index (κ2) is 9.04. The normalized spacial score (nSPS) is 28.3. The minimum absolute atomic E-state index is 0.0867. The van der Waals surface area contributed by atoms with E-state index in [1.54, 1.807) is 12.5 Å². The average molecular weight is 432 g/mol. The Morgan fingerprint density at radius 3 is 2.87 bits per heavy atom. The van der Waals surface area contributed by atoms with Gasteiger partial charge in [-0.25, -0.2) is 9.78 Å². The van der Waals surface area contributed by atoms with Crippen LogP contribution >= 0.6 is 11.3 Å². The first-order chi connectivity index (χ1) is 14.5. The highest BCUT2D eigenvalue weighted by molar-refractivity contribution is 7.09. The molecular formula is C23H29NO5S. The standard InChI is InChI=1S/C23H29NO5S/c1-4-14-5-6-15(9-13(14)2)28-11-17-16-7-8-19(29-21(16)10-20(17)27-3)22-24-18(12-30-22)23(25)26/h5-6,9,12,16-17,19-21H,4,7-8,10-11H2,1-3H3,(H,25,26)/t16-,17-,19-,20+,21+/m1/s1. The Morgan fingerprint density at radius 1 is 1.37 bits per heavy atom. The molecule has 0 spiro atoms. The fourth-order valence-corrected chi connectivity index (χ4v) is 5.74.